The van der Waals surface area contributed by atoms with E-state index in [9.17, 15) is 0 Å². The Balaban J connectivity index is 2.05. The van der Waals surface area contributed by atoms with Crippen LogP contribution in [0.5, 0.6) is 0 Å². The lowest BCUT2D eigenvalue weighted by molar-refractivity contribution is -0.0754. The van der Waals surface area contributed by atoms with Crippen molar-refractivity contribution in [2.75, 3.05) is 5.73 Å². The third kappa shape index (κ3) is 3.76. The van der Waals surface area contributed by atoms with Crippen molar-refractivity contribution in [3.8, 4) is 0 Å². The van der Waals surface area contributed by atoms with Gasteiger partial charge in [0.15, 0.2) is 0 Å². The molecule has 0 heterocycles. The van der Waals surface area contributed by atoms with E-state index < -0.39 is 0 Å². The van der Waals surface area contributed by atoms with Crippen LogP contribution in [0.25, 0.3) is 0 Å². The van der Waals surface area contributed by atoms with Crippen LogP contribution in [0.1, 0.15) is 58.6 Å². The molecular weight excluding hydrogens is 246 g/mol. The fourth-order valence-electron chi connectivity index (χ4n) is 3.42. The van der Waals surface area contributed by atoms with Gasteiger partial charge in [-0.3, -0.25) is 0 Å². The maximum Gasteiger partial charge on any atom is 0.0801 e. The van der Waals surface area contributed by atoms with Crippen molar-refractivity contribution >= 4 is 5.69 Å². The zero-order valence-corrected chi connectivity index (χ0v) is 13.3. The molecule has 1 aliphatic carbocycles. The van der Waals surface area contributed by atoms with Crippen LogP contribution < -0.4 is 5.73 Å². The van der Waals surface area contributed by atoms with Gasteiger partial charge in [-0.15, -0.1) is 0 Å². The van der Waals surface area contributed by atoms with Crippen LogP contribution in [0.15, 0.2) is 24.3 Å². The van der Waals surface area contributed by atoms with Crippen LogP contribution in [0.4, 0.5) is 5.69 Å². The van der Waals surface area contributed by atoms with Gasteiger partial charge in [0.1, 0.15) is 0 Å². The highest BCUT2D eigenvalue weighted by molar-refractivity contribution is 5.41. The van der Waals surface area contributed by atoms with Crippen molar-refractivity contribution in [1.82, 2.24) is 0 Å². The summed E-state index contributed by atoms with van der Waals surface area (Å²) in [6.07, 6.45) is 4.34. The van der Waals surface area contributed by atoms with E-state index in [-0.39, 0.29) is 6.10 Å². The third-order valence-corrected chi connectivity index (χ3v) is 4.72. The summed E-state index contributed by atoms with van der Waals surface area (Å²) in [4.78, 5) is 0. The molecule has 0 aliphatic heterocycles. The van der Waals surface area contributed by atoms with Crippen LogP contribution >= 0.6 is 0 Å². The maximum atomic E-state index is 6.42. The van der Waals surface area contributed by atoms with Gasteiger partial charge in [-0.25, -0.2) is 0 Å². The molecule has 2 N–H and O–H groups in total. The molecule has 4 unspecified atom stereocenters. The first-order valence-electron chi connectivity index (χ1n) is 7.98. The molecule has 0 saturated heterocycles. The van der Waals surface area contributed by atoms with E-state index in [0.29, 0.717) is 17.9 Å². The van der Waals surface area contributed by atoms with Crippen molar-refractivity contribution in [1.29, 1.82) is 0 Å². The van der Waals surface area contributed by atoms with Crippen LogP contribution in [0.3, 0.4) is 0 Å². The van der Waals surface area contributed by atoms with Crippen LogP contribution in [0, 0.1) is 17.8 Å². The standard InChI is InChI=1S/C18H29NO/c1-12(2)17-9-8-13(3)10-18(17)20-14(4)15-6-5-7-16(19)11-15/h5-7,11-14,17-18H,8-10,19H2,1-4H3. The van der Waals surface area contributed by atoms with Gasteiger partial charge in [-0.1, -0.05) is 39.3 Å². The minimum absolute atomic E-state index is 0.120. The molecule has 1 fully saturated rings. The normalized spacial score (nSPS) is 28.6. The second-order valence-electron chi connectivity index (χ2n) is 6.81. The average molecular weight is 275 g/mol. The van der Waals surface area contributed by atoms with E-state index in [1.807, 2.05) is 18.2 Å². The van der Waals surface area contributed by atoms with Gasteiger partial charge >= 0.3 is 0 Å². The average Bonchev–Trinajstić information content (AvgIpc) is 2.38. The molecule has 0 bridgehead atoms. The molecule has 0 aromatic heterocycles. The SMILES string of the molecule is CC1CCC(C(C)C)C(OC(C)c2cccc(N)c2)C1. The lowest BCUT2D eigenvalue weighted by Gasteiger charge is -2.38. The van der Waals surface area contributed by atoms with E-state index in [4.69, 9.17) is 10.5 Å². The molecular formula is C18H29NO. The summed E-state index contributed by atoms with van der Waals surface area (Å²) >= 11 is 0. The first-order chi connectivity index (χ1) is 9.47. The smallest absolute Gasteiger partial charge is 0.0801 e. The Morgan fingerprint density at radius 1 is 1.20 bits per heavy atom. The predicted molar refractivity (Wildman–Crippen MR) is 85.5 cm³/mol. The zero-order chi connectivity index (χ0) is 14.7. The van der Waals surface area contributed by atoms with E-state index >= 15 is 0 Å². The quantitative estimate of drug-likeness (QED) is 0.800. The minimum atomic E-state index is 0.120. The lowest BCUT2D eigenvalue weighted by atomic mass is 9.75. The van der Waals surface area contributed by atoms with Crippen molar-refractivity contribution in [3.05, 3.63) is 29.8 Å². The van der Waals surface area contributed by atoms with Gasteiger partial charge < -0.3 is 10.5 Å². The molecule has 0 amide bonds. The minimum Gasteiger partial charge on any atom is -0.399 e. The summed E-state index contributed by atoms with van der Waals surface area (Å²) in [5.74, 6) is 2.17. The molecule has 1 aromatic rings. The first kappa shape index (κ1) is 15.4. The number of nitrogen functional groups attached to an aromatic ring is 1. The van der Waals surface area contributed by atoms with Crippen molar-refractivity contribution in [2.45, 2.75) is 59.2 Å². The highest BCUT2D eigenvalue weighted by Crippen LogP contribution is 2.37. The Morgan fingerprint density at radius 2 is 1.95 bits per heavy atom. The predicted octanol–water partition coefficient (Wildman–Crippen LogP) is 4.81. The highest BCUT2D eigenvalue weighted by atomic mass is 16.5. The Bertz CT molecular complexity index is 429. The van der Waals surface area contributed by atoms with E-state index in [2.05, 4.69) is 33.8 Å². The largest absolute Gasteiger partial charge is 0.399 e. The Labute approximate surface area is 123 Å². The van der Waals surface area contributed by atoms with Gasteiger partial charge in [0.25, 0.3) is 0 Å². The number of benzene rings is 1. The van der Waals surface area contributed by atoms with Gasteiger partial charge in [-0.2, -0.15) is 0 Å². The van der Waals surface area contributed by atoms with Crippen LogP contribution in [-0.4, -0.2) is 6.10 Å². The molecule has 2 heteroatoms. The van der Waals surface area contributed by atoms with Gasteiger partial charge in [0.05, 0.1) is 12.2 Å². The molecule has 4 atom stereocenters. The first-order valence-corrected chi connectivity index (χ1v) is 7.98. The summed E-state index contributed by atoms with van der Waals surface area (Å²) in [6.45, 7) is 9.13. The maximum absolute atomic E-state index is 6.42. The second-order valence-corrected chi connectivity index (χ2v) is 6.81. The molecule has 1 saturated carbocycles. The molecule has 0 spiro atoms. The number of rotatable bonds is 4. The number of hydrogen-bond acceptors (Lipinski definition) is 2. The fraction of sp³-hybridized carbons (Fsp3) is 0.667. The Morgan fingerprint density at radius 3 is 2.60 bits per heavy atom. The van der Waals surface area contributed by atoms with Crippen LogP contribution in [-0.2, 0) is 4.74 Å². The molecule has 20 heavy (non-hydrogen) atoms. The summed E-state index contributed by atoms with van der Waals surface area (Å²) in [5, 5.41) is 0. The molecule has 2 rings (SSSR count). The topological polar surface area (TPSA) is 35.2 Å². The van der Waals surface area contributed by atoms with E-state index in [1.54, 1.807) is 0 Å². The summed E-state index contributed by atoms with van der Waals surface area (Å²) in [6, 6.07) is 8.07. The molecule has 0 radical (unpaired) electrons. The number of anilines is 1. The van der Waals surface area contributed by atoms with Crippen LogP contribution in [0.2, 0.25) is 0 Å². The number of nitrogens with two attached hydrogens (primary N) is 1. The summed E-state index contributed by atoms with van der Waals surface area (Å²) in [5.41, 5.74) is 7.87. The van der Waals surface area contributed by atoms with Gasteiger partial charge in [0, 0.05) is 5.69 Å². The highest BCUT2D eigenvalue weighted by Gasteiger charge is 2.32. The van der Waals surface area contributed by atoms with E-state index in [1.165, 1.54) is 24.8 Å². The van der Waals surface area contributed by atoms with E-state index in [0.717, 1.165) is 11.6 Å². The van der Waals surface area contributed by atoms with Crippen molar-refractivity contribution in [2.24, 2.45) is 17.8 Å². The Kier molecular flexibility index (Phi) is 5.09. The monoisotopic (exact) mass is 275 g/mol. The zero-order valence-electron chi connectivity index (χ0n) is 13.3. The number of ether oxygens (including phenoxy) is 1. The lowest BCUT2D eigenvalue weighted by Crippen LogP contribution is -2.34. The Hall–Kier alpha value is -1.02. The fourth-order valence-corrected chi connectivity index (χ4v) is 3.42. The van der Waals surface area contributed by atoms with Crippen molar-refractivity contribution in [3.63, 3.8) is 0 Å². The van der Waals surface area contributed by atoms with Crippen molar-refractivity contribution < 1.29 is 4.74 Å². The molecule has 1 aromatic carbocycles. The summed E-state index contributed by atoms with van der Waals surface area (Å²) < 4.78 is 6.42. The molecule has 112 valence electrons. The van der Waals surface area contributed by atoms with Gasteiger partial charge in [0.2, 0.25) is 0 Å². The molecule has 1 aliphatic rings. The summed E-state index contributed by atoms with van der Waals surface area (Å²) in [7, 11) is 0. The second kappa shape index (κ2) is 6.62. The third-order valence-electron chi connectivity index (χ3n) is 4.72. The number of hydrogen-bond donors (Lipinski definition) is 1. The molecule has 2 nitrogen and oxygen atoms in total. The van der Waals surface area contributed by atoms with Gasteiger partial charge in [-0.05, 0) is 55.2 Å².